The smallest absolute Gasteiger partial charge is 0.325 e. The van der Waals surface area contributed by atoms with E-state index in [1.54, 1.807) is 14.0 Å². The average Bonchev–Trinajstić information content (AvgIpc) is 2.46. The van der Waals surface area contributed by atoms with E-state index < -0.39 is 0 Å². The van der Waals surface area contributed by atoms with E-state index in [1.165, 1.54) is 28.9 Å². The van der Waals surface area contributed by atoms with Crippen molar-refractivity contribution in [1.82, 2.24) is 4.90 Å². The molecule has 1 aliphatic carbocycles. The lowest BCUT2D eigenvalue weighted by atomic mass is 9.90. The molecule has 1 aliphatic rings. The Morgan fingerprint density at radius 1 is 1.20 bits per heavy atom. The van der Waals surface area contributed by atoms with Crippen molar-refractivity contribution in [3.63, 3.8) is 0 Å². The maximum Gasteiger partial charge on any atom is 0.325 e. The molecule has 0 radical (unpaired) electrons. The molecule has 108 valence electrons. The summed E-state index contributed by atoms with van der Waals surface area (Å²) in [6.45, 7) is 2.08. The lowest BCUT2D eigenvalue weighted by molar-refractivity contribution is -0.143. The van der Waals surface area contributed by atoms with Gasteiger partial charge in [-0.15, -0.1) is 0 Å². The van der Waals surface area contributed by atoms with Gasteiger partial charge in [-0.25, -0.2) is 0 Å². The highest BCUT2D eigenvalue weighted by atomic mass is 16.5. The minimum absolute atomic E-state index is 0.0102. The van der Waals surface area contributed by atoms with Crippen LogP contribution >= 0.6 is 0 Å². The minimum Gasteiger partial charge on any atom is -0.465 e. The summed E-state index contributed by atoms with van der Waals surface area (Å²) in [5, 5.41) is 0. The molecule has 0 saturated heterocycles. The summed E-state index contributed by atoms with van der Waals surface area (Å²) in [6, 6.07) is 5.87. The fourth-order valence-electron chi connectivity index (χ4n) is 2.56. The highest BCUT2D eigenvalue weighted by Gasteiger charge is 2.17. The molecule has 0 spiro atoms. The highest BCUT2D eigenvalue weighted by molar-refractivity contribution is 5.96. The SMILES string of the molecule is CCOC(=O)CN(C)C(=O)c1ccc2c(c1)CCCC2. The number of rotatable bonds is 4. The molecule has 2 rings (SSSR count). The first-order chi connectivity index (χ1) is 9.61. The van der Waals surface area contributed by atoms with Gasteiger partial charge in [0.1, 0.15) is 6.54 Å². The second-order valence-electron chi connectivity index (χ2n) is 5.16. The molecule has 0 aromatic heterocycles. The van der Waals surface area contributed by atoms with Crippen molar-refractivity contribution in [3.8, 4) is 0 Å². The Hall–Kier alpha value is -1.84. The highest BCUT2D eigenvalue weighted by Crippen LogP contribution is 2.22. The van der Waals surface area contributed by atoms with Gasteiger partial charge in [0.15, 0.2) is 0 Å². The molecule has 20 heavy (non-hydrogen) atoms. The number of benzene rings is 1. The van der Waals surface area contributed by atoms with Crippen LogP contribution in [-0.4, -0.2) is 37.0 Å². The van der Waals surface area contributed by atoms with Gasteiger partial charge in [0, 0.05) is 12.6 Å². The third-order valence-corrected chi connectivity index (χ3v) is 3.61. The summed E-state index contributed by atoms with van der Waals surface area (Å²) < 4.78 is 4.86. The molecular weight excluding hydrogens is 254 g/mol. The maximum atomic E-state index is 12.3. The van der Waals surface area contributed by atoms with Gasteiger partial charge in [0.2, 0.25) is 0 Å². The second-order valence-corrected chi connectivity index (χ2v) is 5.16. The first-order valence-electron chi connectivity index (χ1n) is 7.14. The zero-order valence-corrected chi connectivity index (χ0v) is 12.1. The lowest BCUT2D eigenvalue weighted by Gasteiger charge is -2.19. The van der Waals surface area contributed by atoms with Crippen LogP contribution < -0.4 is 0 Å². The van der Waals surface area contributed by atoms with Crippen molar-refractivity contribution in [2.75, 3.05) is 20.2 Å². The second kappa shape index (κ2) is 6.55. The normalized spacial score (nSPS) is 13.5. The molecule has 0 heterocycles. The number of hydrogen-bond acceptors (Lipinski definition) is 3. The van der Waals surface area contributed by atoms with Gasteiger partial charge in [-0.1, -0.05) is 6.07 Å². The van der Waals surface area contributed by atoms with E-state index in [9.17, 15) is 9.59 Å². The van der Waals surface area contributed by atoms with E-state index >= 15 is 0 Å². The van der Waals surface area contributed by atoms with Gasteiger partial charge in [-0.2, -0.15) is 0 Å². The number of carbonyl (C=O) groups is 2. The molecule has 0 atom stereocenters. The number of amides is 1. The third kappa shape index (κ3) is 3.38. The maximum absolute atomic E-state index is 12.3. The Morgan fingerprint density at radius 3 is 2.60 bits per heavy atom. The van der Waals surface area contributed by atoms with Crippen LogP contribution in [0, 0.1) is 0 Å². The molecule has 4 heteroatoms. The summed E-state index contributed by atoms with van der Waals surface area (Å²) in [6.07, 6.45) is 4.55. The Bertz CT molecular complexity index is 510. The summed E-state index contributed by atoms with van der Waals surface area (Å²) in [4.78, 5) is 25.1. The molecule has 1 amide bonds. The molecule has 0 saturated carbocycles. The monoisotopic (exact) mass is 275 g/mol. The molecule has 0 N–H and O–H groups in total. The standard InChI is InChI=1S/C16H21NO3/c1-3-20-15(18)11-17(2)16(19)14-9-8-12-6-4-5-7-13(12)10-14/h8-10H,3-7,11H2,1-2H3. The van der Waals surface area contributed by atoms with Gasteiger partial charge < -0.3 is 9.64 Å². The van der Waals surface area contributed by atoms with Crippen LogP contribution in [0.1, 0.15) is 41.3 Å². The predicted molar refractivity (Wildman–Crippen MR) is 76.7 cm³/mol. The van der Waals surface area contributed by atoms with Crippen molar-refractivity contribution < 1.29 is 14.3 Å². The summed E-state index contributed by atoms with van der Waals surface area (Å²) in [5.74, 6) is -0.507. The molecule has 0 bridgehead atoms. The van der Waals surface area contributed by atoms with Crippen molar-refractivity contribution in [2.45, 2.75) is 32.6 Å². The van der Waals surface area contributed by atoms with Crippen molar-refractivity contribution in [3.05, 3.63) is 34.9 Å². The van der Waals surface area contributed by atoms with E-state index in [0.29, 0.717) is 12.2 Å². The van der Waals surface area contributed by atoms with Crippen LogP contribution in [0.2, 0.25) is 0 Å². The number of nitrogens with zero attached hydrogens (tertiary/aromatic N) is 1. The Balaban J connectivity index is 2.06. The first kappa shape index (κ1) is 14.6. The number of aryl methyl sites for hydroxylation is 2. The van der Waals surface area contributed by atoms with Crippen molar-refractivity contribution in [2.24, 2.45) is 0 Å². The third-order valence-electron chi connectivity index (χ3n) is 3.61. The van der Waals surface area contributed by atoms with Crippen LogP contribution in [0.4, 0.5) is 0 Å². The molecular formula is C16H21NO3. The fraction of sp³-hybridized carbons (Fsp3) is 0.500. The molecule has 1 aromatic rings. The van der Waals surface area contributed by atoms with Gasteiger partial charge in [-0.3, -0.25) is 9.59 Å². The van der Waals surface area contributed by atoms with E-state index in [0.717, 1.165) is 12.8 Å². The van der Waals surface area contributed by atoms with E-state index in [1.807, 2.05) is 18.2 Å². The number of esters is 1. The van der Waals surface area contributed by atoms with Gasteiger partial charge >= 0.3 is 5.97 Å². The van der Waals surface area contributed by atoms with E-state index in [-0.39, 0.29) is 18.4 Å². The predicted octanol–water partition coefficient (Wildman–Crippen LogP) is 2.20. The Kier molecular flexibility index (Phi) is 4.77. The van der Waals surface area contributed by atoms with Crippen LogP contribution in [0.15, 0.2) is 18.2 Å². The molecule has 0 fully saturated rings. The number of ether oxygens (including phenoxy) is 1. The number of fused-ring (bicyclic) bond motifs is 1. The van der Waals surface area contributed by atoms with Crippen molar-refractivity contribution in [1.29, 1.82) is 0 Å². The zero-order valence-electron chi connectivity index (χ0n) is 12.1. The largest absolute Gasteiger partial charge is 0.465 e. The lowest BCUT2D eigenvalue weighted by Crippen LogP contribution is -2.33. The van der Waals surface area contributed by atoms with Gasteiger partial charge in [0.05, 0.1) is 6.61 Å². The summed E-state index contributed by atoms with van der Waals surface area (Å²) in [5.41, 5.74) is 3.27. The molecule has 0 unspecified atom stereocenters. The number of hydrogen-bond donors (Lipinski definition) is 0. The minimum atomic E-state index is -0.374. The van der Waals surface area contributed by atoms with E-state index in [4.69, 9.17) is 4.74 Å². The quantitative estimate of drug-likeness (QED) is 0.791. The number of carbonyl (C=O) groups excluding carboxylic acids is 2. The van der Waals surface area contributed by atoms with Crippen LogP contribution in [0.25, 0.3) is 0 Å². The molecule has 1 aromatic carbocycles. The van der Waals surface area contributed by atoms with Gasteiger partial charge in [0.25, 0.3) is 5.91 Å². The summed E-state index contributed by atoms with van der Waals surface area (Å²) >= 11 is 0. The summed E-state index contributed by atoms with van der Waals surface area (Å²) in [7, 11) is 1.62. The van der Waals surface area contributed by atoms with Crippen LogP contribution in [0.5, 0.6) is 0 Å². The van der Waals surface area contributed by atoms with Gasteiger partial charge in [-0.05, 0) is 55.9 Å². The average molecular weight is 275 g/mol. The fourth-order valence-corrected chi connectivity index (χ4v) is 2.56. The first-order valence-corrected chi connectivity index (χ1v) is 7.14. The molecule has 4 nitrogen and oxygen atoms in total. The van der Waals surface area contributed by atoms with Crippen LogP contribution in [-0.2, 0) is 22.4 Å². The number of likely N-dealkylation sites (N-methyl/N-ethyl adjacent to an activating group) is 1. The van der Waals surface area contributed by atoms with Crippen LogP contribution in [0.3, 0.4) is 0 Å². The molecule has 0 aliphatic heterocycles. The van der Waals surface area contributed by atoms with Crippen molar-refractivity contribution >= 4 is 11.9 Å². The Labute approximate surface area is 119 Å². The van der Waals surface area contributed by atoms with E-state index in [2.05, 4.69) is 0 Å². The topological polar surface area (TPSA) is 46.6 Å². The zero-order chi connectivity index (χ0) is 14.5. The Morgan fingerprint density at radius 2 is 1.90 bits per heavy atom.